The van der Waals surface area contributed by atoms with E-state index in [4.69, 9.17) is 4.74 Å². The van der Waals surface area contributed by atoms with Gasteiger partial charge in [-0.25, -0.2) is 9.18 Å². The molecule has 0 heterocycles. The summed E-state index contributed by atoms with van der Waals surface area (Å²) in [5.41, 5.74) is -0.0306. The number of hydrogen-bond acceptors (Lipinski definition) is 4. The SMILES string of the molecule is CCOC(=O)C(=O)c1ccc(OCC2CCC2)c(F)c1. The van der Waals surface area contributed by atoms with Crippen molar-refractivity contribution in [3.8, 4) is 5.75 Å². The van der Waals surface area contributed by atoms with E-state index in [1.165, 1.54) is 18.6 Å². The topological polar surface area (TPSA) is 52.6 Å². The van der Waals surface area contributed by atoms with Crippen LogP contribution >= 0.6 is 0 Å². The third-order valence-corrected chi connectivity index (χ3v) is 3.35. The molecule has 108 valence electrons. The minimum Gasteiger partial charge on any atom is -0.490 e. The fourth-order valence-electron chi connectivity index (χ4n) is 1.94. The molecule has 5 heteroatoms. The molecule has 0 bridgehead atoms. The summed E-state index contributed by atoms with van der Waals surface area (Å²) in [7, 11) is 0. The molecule has 0 N–H and O–H groups in total. The molecule has 1 saturated carbocycles. The van der Waals surface area contributed by atoms with Crippen molar-refractivity contribution < 1.29 is 23.5 Å². The Morgan fingerprint density at radius 2 is 2.10 bits per heavy atom. The number of carbonyl (C=O) groups is 2. The Hall–Kier alpha value is -1.91. The Balaban J connectivity index is 2.00. The van der Waals surface area contributed by atoms with Gasteiger partial charge >= 0.3 is 5.97 Å². The van der Waals surface area contributed by atoms with Crippen LogP contribution in [-0.4, -0.2) is 25.0 Å². The minimum absolute atomic E-state index is 0.0306. The summed E-state index contributed by atoms with van der Waals surface area (Å²) in [4.78, 5) is 22.9. The smallest absolute Gasteiger partial charge is 0.379 e. The number of esters is 1. The second-order valence-electron chi connectivity index (χ2n) is 4.80. The first-order chi connectivity index (χ1) is 9.61. The van der Waals surface area contributed by atoms with E-state index < -0.39 is 17.6 Å². The van der Waals surface area contributed by atoms with Crippen molar-refractivity contribution >= 4 is 11.8 Å². The van der Waals surface area contributed by atoms with Gasteiger partial charge in [-0.15, -0.1) is 0 Å². The van der Waals surface area contributed by atoms with Gasteiger partial charge in [-0.1, -0.05) is 6.42 Å². The average molecular weight is 280 g/mol. The summed E-state index contributed by atoms with van der Waals surface area (Å²) in [5.74, 6) is -1.86. The molecule has 1 aliphatic carbocycles. The number of carbonyl (C=O) groups excluding carboxylic acids is 2. The summed E-state index contributed by atoms with van der Waals surface area (Å²) in [6, 6.07) is 3.76. The normalized spacial score (nSPS) is 14.5. The zero-order valence-corrected chi connectivity index (χ0v) is 11.4. The van der Waals surface area contributed by atoms with Crippen LogP contribution in [0.1, 0.15) is 36.5 Å². The molecule has 0 atom stereocenters. The van der Waals surface area contributed by atoms with Crippen molar-refractivity contribution in [1.82, 2.24) is 0 Å². The minimum atomic E-state index is -0.977. The first kappa shape index (κ1) is 14.5. The lowest BCUT2D eigenvalue weighted by atomic mass is 9.86. The van der Waals surface area contributed by atoms with Gasteiger partial charge in [-0.2, -0.15) is 0 Å². The van der Waals surface area contributed by atoms with Gasteiger partial charge in [0.2, 0.25) is 0 Å². The third-order valence-electron chi connectivity index (χ3n) is 3.35. The summed E-state index contributed by atoms with van der Waals surface area (Å²) in [6.07, 6.45) is 3.42. The lowest BCUT2D eigenvalue weighted by Crippen LogP contribution is -2.20. The molecular weight excluding hydrogens is 263 g/mol. The third kappa shape index (κ3) is 3.35. The highest BCUT2D eigenvalue weighted by Crippen LogP contribution is 2.28. The maximum atomic E-state index is 13.8. The fraction of sp³-hybridized carbons (Fsp3) is 0.467. The number of benzene rings is 1. The Kier molecular flexibility index (Phi) is 4.71. The van der Waals surface area contributed by atoms with Crippen LogP contribution in [-0.2, 0) is 9.53 Å². The van der Waals surface area contributed by atoms with Crippen molar-refractivity contribution in [1.29, 1.82) is 0 Å². The molecule has 4 nitrogen and oxygen atoms in total. The Morgan fingerprint density at radius 3 is 2.65 bits per heavy atom. The molecule has 0 unspecified atom stereocenters. The molecule has 2 rings (SSSR count). The number of ketones is 1. The molecule has 0 spiro atoms. The highest BCUT2D eigenvalue weighted by atomic mass is 19.1. The first-order valence-electron chi connectivity index (χ1n) is 6.75. The monoisotopic (exact) mass is 280 g/mol. The summed E-state index contributed by atoms with van der Waals surface area (Å²) >= 11 is 0. The average Bonchev–Trinajstić information content (AvgIpc) is 2.38. The van der Waals surface area contributed by atoms with Crippen LogP contribution < -0.4 is 4.74 Å². The molecule has 1 aromatic carbocycles. The van der Waals surface area contributed by atoms with Crippen molar-refractivity contribution in [2.24, 2.45) is 5.92 Å². The predicted molar refractivity (Wildman–Crippen MR) is 70.2 cm³/mol. The molecule has 20 heavy (non-hydrogen) atoms. The maximum Gasteiger partial charge on any atom is 0.379 e. The second-order valence-corrected chi connectivity index (χ2v) is 4.80. The van der Waals surface area contributed by atoms with Crippen LogP contribution in [0.15, 0.2) is 18.2 Å². The van der Waals surface area contributed by atoms with Gasteiger partial charge in [0, 0.05) is 5.56 Å². The molecule has 0 saturated heterocycles. The van der Waals surface area contributed by atoms with E-state index in [1.807, 2.05) is 0 Å². The van der Waals surface area contributed by atoms with Gasteiger partial charge in [-0.3, -0.25) is 4.79 Å². The molecule has 0 amide bonds. The fourth-order valence-corrected chi connectivity index (χ4v) is 1.94. The molecule has 1 fully saturated rings. The van der Waals surface area contributed by atoms with Crippen molar-refractivity contribution in [2.45, 2.75) is 26.2 Å². The molecule has 0 radical (unpaired) electrons. The lowest BCUT2D eigenvalue weighted by molar-refractivity contribution is -0.137. The van der Waals surface area contributed by atoms with Gasteiger partial charge < -0.3 is 9.47 Å². The zero-order chi connectivity index (χ0) is 14.5. The highest BCUT2D eigenvalue weighted by Gasteiger charge is 2.21. The van der Waals surface area contributed by atoms with Crippen molar-refractivity contribution in [3.05, 3.63) is 29.6 Å². The maximum absolute atomic E-state index is 13.8. The first-order valence-corrected chi connectivity index (χ1v) is 6.75. The van der Waals surface area contributed by atoms with E-state index in [-0.39, 0.29) is 17.9 Å². The van der Waals surface area contributed by atoms with Gasteiger partial charge in [-0.05, 0) is 43.9 Å². The molecule has 0 aromatic heterocycles. The van der Waals surface area contributed by atoms with E-state index in [9.17, 15) is 14.0 Å². The second kappa shape index (κ2) is 6.50. The van der Waals surface area contributed by atoms with Crippen LogP contribution in [0.2, 0.25) is 0 Å². The van der Waals surface area contributed by atoms with Gasteiger partial charge in [0.05, 0.1) is 13.2 Å². The molecular formula is C15H17FO4. The zero-order valence-electron chi connectivity index (χ0n) is 11.4. The van der Waals surface area contributed by atoms with Gasteiger partial charge in [0.25, 0.3) is 5.78 Å². The van der Waals surface area contributed by atoms with E-state index in [1.54, 1.807) is 6.92 Å². The number of ether oxygens (including phenoxy) is 2. The van der Waals surface area contributed by atoms with E-state index in [0.717, 1.165) is 18.9 Å². The quantitative estimate of drug-likeness (QED) is 0.457. The van der Waals surface area contributed by atoms with Crippen LogP contribution in [0, 0.1) is 11.7 Å². The van der Waals surface area contributed by atoms with Crippen molar-refractivity contribution in [3.63, 3.8) is 0 Å². The lowest BCUT2D eigenvalue weighted by Gasteiger charge is -2.25. The summed E-state index contributed by atoms with van der Waals surface area (Å²) < 4.78 is 23.8. The number of halogens is 1. The van der Waals surface area contributed by atoms with Gasteiger partial charge in [0.1, 0.15) is 0 Å². The van der Waals surface area contributed by atoms with E-state index in [0.29, 0.717) is 12.5 Å². The van der Waals surface area contributed by atoms with E-state index >= 15 is 0 Å². The molecule has 0 aliphatic heterocycles. The van der Waals surface area contributed by atoms with Crippen LogP contribution in [0.5, 0.6) is 5.75 Å². The Morgan fingerprint density at radius 1 is 1.35 bits per heavy atom. The summed E-state index contributed by atoms with van der Waals surface area (Å²) in [6.45, 7) is 2.20. The number of rotatable bonds is 6. The molecule has 1 aromatic rings. The molecule has 1 aliphatic rings. The van der Waals surface area contributed by atoms with Crippen LogP contribution in [0.25, 0.3) is 0 Å². The summed E-state index contributed by atoms with van der Waals surface area (Å²) in [5, 5.41) is 0. The van der Waals surface area contributed by atoms with Gasteiger partial charge in [0.15, 0.2) is 11.6 Å². The van der Waals surface area contributed by atoms with Crippen LogP contribution in [0.4, 0.5) is 4.39 Å². The largest absolute Gasteiger partial charge is 0.490 e. The predicted octanol–water partition coefficient (Wildman–Crippen LogP) is 2.75. The standard InChI is InChI=1S/C15H17FO4/c1-2-19-15(18)14(17)11-6-7-13(12(16)8-11)20-9-10-4-3-5-10/h6-8,10H,2-5,9H2,1H3. The van der Waals surface area contributed by atoms with E-state index in [2.05, 4.69) is 4.74 Å². The van der Waals surface area contributed by atoms with Crippen LogP contribution in [0.3, 0.4) is 0 Å². The highest BCUT2D eigenvalue weighted by molar-refractivity contribution is 6.40. The Bertz CT molecular complexity index is 509. The number of hydrogen-bond donors (Lipinski definition) is 0. The van der Waals surface area contributed by atoms with Crippen molar-refractivity contribution in [2.75, 3.05) is 13.2 Å². The number of Topliss-reactive ketones (excluding diaryl/α,β-unsaturated/α-hetero) is 1. The Labute approximate surface area is 116 Å².